The highest BCUT2D eigenvalue weighted by atomic mass is 35.5. The number of hydrogen-bond acceptors (Lipinski definition) is 7. The van der Waals surface area contributed by atoms with Crippen LogP contribution < -0.4 is 14.8 Å². The molecule has 0 aromatic heterocycles. The summed E-state index contributed by atoms with van der Waals surface area (Å²) in [7, 11) is 0. The number of nitrogens with zero attached hydrogens (tertiary/aromatic N) is 1. The zero-order chi connectivity index (χ0) is 19.6. The predicted molar refractivity (Wildman–Crippen MR) is 94.2 cm³/mol. The van der Waals surface area contributed by atoms with Crippen molar-refractivity contribution in [3.8, 4) is 11.5 Å². The van der Waals surface area contributed by atoms with Gasteiger partial charge in [0, 0.05) is 16.8 Å². The van der Waals surface area contributed by atoms with E-state index in [1.807, 2.05) is 0 Å². The molecule has 0 saturated heterocycles. The summed E-state index contributed by atoms with van der Waals surface area (Å²) in [5.41, 5.74) is -0.383. The number of amides is 1. The Labute approximate surface area is 157 Å². The number of esters is 1. The molecule has 1 amide bonds. The van der Waals surface area contributed by atoms with Gasteiger partial charge in [0.25, 0.3) is 11.6 Å². The van der Waals surface area contributed by atoms with Crippen LogP contribution in [0.1, 0.15) is 17.3 Å². The zero-order valence-electron chi connectivity index (χ0n) is 13.9. The molecule has 0 aliphatic carbocycles. The first kappa shape index (κ1) is 18.5. The molecule has 9 nitrogen and oxygen atoms in total. The number of halogens is 1. The van der Waals surface area contributed by atoms with Crippen LogP contribution in [0, 0.1) is 10.1 Å². The van der Waals surface area contributed by atoms with E-state index in [0.29, 0.717) is 10.7 Å². The second kappa shape index (κ2) is 7.50. The van der Waals surface area contributed by atoms with Gasteiger partial charge in [-0.2, -0.15) is 0 Å². The summed E-state index contributed by atoms with van der Waals surface area (Å²) in [4.78, 5) is 35.0. The van der Waals surface area contributed by atoms with Crippen molar-refractivity contribution < 1.29 is 28.7 Å². The number of nitro groups is 1. The summed E-state index contributed by atoms with van der Waals surface area (Å²) in [6.45, 7) is 1.24. The Morgan fingerprint density at radius 2 is 1.85 bits per heavy atom. The summed E-state index contributed by atoms with van der Waals surface area (Å²) < 4.78 is 15.3. The average molecular weight is 393 g/mol. The van der Waals surface area contributed by atoms with E-state index in [4.69, 9.17) is 25.8 Å². The molecule has 0 saturated carbocycles. The lowest BCUT2D eigenvalue weighted by Crippen LogP contribution is -2.30. The van der Waals surface area contributed by atoms with Crippen molar-refractivity contribution in [3.63, 3.8) is 0 Å². The minimum atomic E-state index is -1.20. The highest BCUT2D eigenvalue weighted by molar-refractivity contribution is 6.30. The van der Waals surface area contributed by atoms with Gasteiger partial charge in [-0.25, -0.2) is 4.79 Å². The van der Waals surface area contributed by atoms with Gasteiger partial charge >= 0.3 is 5.97 Å². The molecule has 0 radical (unpaired) electrons. The lowest BCUT2D eigenvalue weighted by molar-refractivity contribution is -0.385. The summed E-state index contributed by atoms with van der Waals surface area (Å²) in [6, 6.07) is 8.58. The Morgan fingerprint density at radius 1 is 1.22 bits per heavy atom. The Morgan fingerprint density at radius 3 is 2.48 bits per heavy atom. The second-order valence-corrected chi connectivity index (χ2v) is 5.96. The molecule has 1 N–H and O–H groups in total. The standard InChI is InChI=1S/C17H13ClN2O7/c1-9(16(21)19-11-4-2-10(18)3-5-11)27-17(22)12-6-14-15(26-8-25-14)7-13(12)20(23)24/h2-7,9H,8H2,1H3,(H,19,21). The molecule has 1 heterocycles. The summed E-state index contributed by atoms with van der Waals surface area (Å²) in [5, 5.41) is 14.3. The first-order valence-electron chi connectivity index (χ1n) is 7.70. The minimum absolute atomic E-state index is 0.106. The molecule has 2 aromatic carbocycles. The van der Waals surface area contributed by atoms with Crippen LogP contribution in [0.4, 0.5) is 11.4 Å². The molecule has 0 bridgehead atoms. The Kier molecular flexibility index (Phi) is 5.13. The maximum atomic E-state index is 12.4. The van der Waals surface area contributed by atoms with Gasteiger partial charge in [0.05, 0.1) is 11.0 Å². The summed E-state index contributed by atoms with van der Waals surface area (Å²) in [6.07, 6.45) is -1.20. The normalized spacial score (nSPS) is 13.0. The van der Waals surface area contributed by atoms with Crippen LogP contribution in [0.2, 0.25) is 5.02 Å². The molecule has 0 fully saturated rings. The van der Waals surface area contributed by atoms with Gasteiger partial charge in [-0.3, -0.25) is 14.9 Å². The molecule has 2 aromatic rings. The highest BCUT2D eigenvalue weighted by Crippen LogP contribution is 2.38. The van der Waals surface area contributed by atoms with Crippen molar-refractivity contribution in [2.75, 3.05) is 12.1 Å². The third-order valence-corrected chi connectivity index (χ3v) is 3.92. The molecule has 1 atom stereocenters. The zero-order valence-corrected chi connectivity index (χ0v) is 14.7. The van der Waals surface area contributed by atoms with E-state index in [0.717, 1.165) is 12.1 Å². The quantitative estimate of drug-likeness (QED) is 0.471. The van der Waals surface area contributed by atoms with Crippen LogP contribution in [0.25, 0.3) is 0 Å². The number of hydrogen-bond donors (Lipinski definition) is 1. The highest BCUT2D eigenvalue weighted by Gasteiger charge is 2.30. The van der Waals surface area contributed by atoms with Crippen LogP contribution in [0.5, 0.6) is 11.5 Å². The van der Waals surface area contributed by atoms with E-state index in [9.17, 15) is 19.7 Å². The summed E-state index contributed by atoms with van der Waals surface area (Å²) >= 11 is 5.77. The van der Waals surface area contributed by atoms with E-state index in [1.165, 1.54) is 6.92 Å². The first-order chi connectivity index (χ1) is 12.8. The maximum absolute atomic E-state index is 12.4. The van der Waals surface area contributed by atoms with Crippen LogP contribution in [-0.2, 0) is 9.53 Å². The maximum Gasteiger partial charge on any atom is 0.346 e. The molecule has 0 spiro atoms. The molecule has 27 heavy (non-hydrogen) atoms. The molecular formula is C17H13ClN2O7. The fourth-order valence-electron chi connectivity index (χ4n) is 2.30. The lowest BCUT2D eigenvalue weighted by Gasteiger charge is -2.14. The molecular weight excluding hydrogens is 380 g/mol. The van der Waals surface area contributed by atoms with E-state index in [-0.39, 0.29) is 23.9 Å². The monoisotopic (exact) mass is 392 g/mol. The molecule has 1 aliphatic rings. The summed E-state index contributed by atoms with van der Waals surface area (Å²) in [5.74, 6) is -1.29. The largest absolute Gasteiger partial charge is 0.454 e. The van der Waals surface area contributed by atoms with E-state index >= 15 is 0 Å². The number of ether oxygens (including phenoxy) is 3. The number of benzene rings is 2. The van der Waals surface area contributed by atoms with Crippen LogP contribution in [0.15, 0.2) is 36.4 Å². The average Bonchev–Trinajstić information content (AvgIpc) is 3.09. The molecule has 3 rings (SSSR count). The Bertz CT molecular complexity index is 914. The number of nitrogens with one attached hydrogen (secondary N) is 1. The number of fused-ring (bicyclic) bond motifs is 1. The number of nitro benzene ring substituents is 1. The fraction of sp³-hybridized carbons (Fsp3) is 0.176. The first-order valence-corrected chi connectivity index (χ1v) is 8.08. The van der Waals surface area contributed by atoms with Gasteiger partial charge < -0.3 is 19.5 Å². The van der Waals surface area contributed by atoms with Gasteiger partial charge in [0.15, 0.2) is 17.6 Å². The van der Waals surface area contributed by atoms with Crippen molar-refractivity contribution in [1.82, 2.24) is 0 Å². The van der Waals surface area contributed by atoms with Crippen molar-refractivity contribution in [2.24, 2.45) is 0 Å². The SMILES string of the molecule is CC(OC(=O)c1cc2c(cc1[N+](=O)[O-])OCO2)C(=O)Nc1ccc(Cl)cc1. The lowest BCUT2D eigenvalue weighted by atomic mass is 10.1. The molecule has 10 heteroatoms. The molecule has 1 aliphatic heterocycles. The number of carbonyl (C=O) groups is 2. The van der Waals surface area contributed by atoms with E-state index in [1.54, 1.807) is 24.3 Å². The molecule has 1 unspecified atom stereocenters. The van der Waals surface area contributed by atoms with Crippen molar-refractivity contribution >= 4 is 34.9 Å². The van der Waals surface area contributed by atoms with Crippen molar-refractivity contribution in [3.05, 3.63) is 57.1 Å². The second-order valence-electron chi connectivity index (χ2n) is 5.52. The number of anilines is 1. The van der Waals surface area contributed by atoms with Crippen LogP contribution >= 0.6 is 11.6 Å². The van der Waals surface area contributed by atoms with Gasteiger partial charge in [-0.15, -0.1) is 0 Å². The van der Waals surface area contributed by atoms with Gasteiger partial charge in [0.2, 0.25) is 6.79 Å². The number of rotatable bonds is 5. The third-order valence-electron chi connectivity index (χ3n) is 3.67. The van der Waals surface area contributed by atoms with Crippen LogP contribution in [-0.4, -0.2) is 29.7 Å². The predicted octanol–water partition coefficient (Wildman–Crippen LogP) is 3.16. The topological polar surface area (TPSA) is 117 Å². The number of carbonyl (C=O) groups excluding carboxylic acids is 2. The smallest absolute Gasteiger partial charge is 0.346 e. The van der Waals surface area contributed by atoms with Crippen molar-refractivity contribution in [1.29, 1.82) is 0 Å². The Hall–Kier alpha value is -3.33. The fourth-order valence-corrected chi connectivity index (χ4v) is 2.43. The van der Waals surface area contributed by atoms with E-state index in [2.05, 4.69) is 5.32 Å². The Balaban J connectivity index is 1.73. The van der Waals surface area contributed by atoms with Gasteiger partial charge in [-0.05, 0) is 31.2 Å². The van der Waals surface area contributed by atoms with Crippen molar-refractivity contribution in [2.45, 2.75) is 13.0 Å². The minimum Gasteiger partial charge on any atom is -0.454 e. The van der Waals surface area contributed by atoms with Crippen LogP contribution in [0.3, 0.4) is 0 Å². The third kappa shape index (κ3) is 4.09. The molecule has 140 valence electrons. The van der Waals surface area contributed by atoms with Gasteiger partial charge in [-0.1, -0.05) is 11.6 Å². The van der Waals surface area contributed by atoms with Gasteiger partial charge in [0.1, 0.15) is 5.56 Å². The van der Waals surface area contributed by atoms with E-state index < -0.39 is 28.6 Å².